The minimum Gasteiger partial charge on any atom is -0.322 e. The minimum atomic E-state index is -0.564. The van der Waals surface area contributed by atoms with Crippen molar-refractivity contribution >= 4 is 17.7 Å². The number of fused-ring (bicyclic) bond motifs is 1. The van der Waals surface area contributed by atoms with E-state index < -0.39 is 6.04 Å². The van der Waals surface area contributed by atoms with Gasteiger partial charge < -0.3 is 15.5 Å². The summed E-state index contributed by atoms with van der Waals surface area (Å²) >= 11 is 0. The number of amides is 3. The zero-order chi connectivity index (χ0) is 19.7. The molecule has 1 aromatic carbocycles. The largest absolute Gasteiger partial charge is 0.322 e. The van der Waals surface area contributed by atoms with Crippen molar-refractivity contribution in [2.24, 2.45) is 5.92 Å². The number of carbonyl (C=O) groups is 3. The minimum absolute atomic E-state index is 0.103. The maximum absolute atomic E-state index is 13.1. The van der Waals surface area contributed by atoms with Gasteiger partial charge >= 0.3 is 0 Å². The van der Waals surface area contributed by atoms with Crippen molar-refractivity contribution in [2.75, 3.05) is 13.1 Å². The molecule has 7 heteroatoms. The van der Waals surface area contributed by atoms with Crippen LogP contribution in [0.1, 0.15) is 54.1 Å². The van der Waals surface area contributed by atoms with Crippen LogP contribution in [0.2, 0.25) is 0 Å². The van der Waals surface area contributed by atoms with Crippen molar-refractivity contribution in [3.63, 3.8) is 0 Å². The van der Waals surface area contributed by atoms with E-state index in [1.165, 1.54) is 12.8 Å². The third kappa shape index (κ3) is 3.69. The molecule has 2 saturated heterocycles. The van der Waals surface area contributed by atoms with Gasteiger partial charge in [-0.3, -0.25) is 19.7 Å². The summed E-state index contributed by atoms with van der Waals surface area (Å²) in [6.45, 7) is 5.40. The maximum Gasteiger partial charge on any atom is 0.255 e. The quantitative estimate of drug-likeness (QED) is 0.657. The van der Waals surface area contributed by atoms with Crippen LogP contribution in [0.3, 0.4) is 0 Å². The van der Waals surface area contributed by atoms with Gasteiger partial charge in [0.2, 0.25) is 11.8 Å². The van der Waals surface area contributed by atoms with E-state index in [0.717, 1.165) is 24.2 Å². The molecular formula is C21H28N4O3. The highest BCUT2D eigenvalue weighted by molar-refractivity contribution is 6.05. The van der Waals surface area contributed by atoms with Crippen LogP contribution in [-0.2, 0) is 22.7 Å². The van der Waals surface area contributed by atoms with E-state index in [-0.39, 0.29) is 24.1 Å². The zero-order valence-corrected chi connectivity index (χ0v) is 16.3. The summed E-state index contributed by atoms with van der Waals surface area (Å²) in [7, 11) is 0. The Hall–Kier alpha value is -2.25. The second kappa shape index (κ2) is 8.01. The number of nitrogens with zero attached hydrogens (tertiary/aromatic N) is 1. The van der Waals surface area contributed by atoms with Gasteiger partial charge in [0, 0.05) is 31.1 Å². The van der Waals surface area contributed by atoms with Crippen molar-refractivity contribution in [2.45, 2.75) is 57.8 Å². The molecule has 3 N–H and O–H groups in total. The van der Waals surface area contributed by atoms with Gasteiger partial charge in [-0.2, -0.15) is 0 Å². The molecule has 3 heterocycles. The molecule has 0 aromatic heterocycles. The number of imide groups is 1. The van der Waals surface area contributed by atoms with E-state index in [2.05, 4.69) is 22.9 Å². The number of rotatable bonds is 5. The molecule has 0 radical (unpaired) electrons. The van der Waals surface area contributed by atoms with E-state index in [1.54, 1.807) is 4.90 Å². The normalized spacial score (nSPS) is 26.2. The van der Waals surface area contributed by atoms with Crippen LogP contribution in [0.25, 0.3) is 0 Å². The Labute approximate surface area is 165 Å². The molecule has 3 aliphatic heterocycles. The van der Waals surface area contributed by atoms with Crippen LogP contribution < -0.4 is 16.0 Å². The molecule has 0 bridgehead atoms. The fourth-order valence-corrected chi connectivity index (χ4v) is 4.58. The molecule has 3 unspecified atom stereocenters. The first-order chi connectivity index (χ1) is 13.5. The number of hydrogen-bond donors (Lipinski definition) is 3. The lowest BCUT2D eigenvalue weighted by Crippen LogP contribution is -2.52. The molecule has 3 aliphatic rings. The molecule has 4 rings (SSSR count). The number of benzene rings is 1. The molecule has 2 fully saturated rings. The smallest absolute Gasteiger partial charge is 0.255 e. The average Bonchev–Trinajstić information content (AvgIpc) is 3.04. The van der Waals surface area contributed by atoms with E-state index in [4.69, 9.17) is 0 Å². The summed E-state index contributed by atoms with van der Waals surface area (Å²) in [6.07, 6.45) is 3.09. The van der Waals surface area contributed by atoms with Gasteiger partial charge in [-0.15, -0.1) is 0 Å². The highest BCUT2D eigenvalue weighted by Crippen LogP contribution is 2.30. The number of carbonyl (C=O) groups excluding carboxylic acids is 3. The number of nitrogens with one attached hydrogen (secondary N) is 3. The molecule has 150 valence electrons. The summed E-state index contributed by atoms with van der Waals surface area (Å²) in [4.78, 5) is 38.4. The summed E-state index contributed by atoms with van der Waals surface area (Å²) in [5.74, 6) is -0.132. The molecule has 0 spiro atoms. The lowest BCUT2D eigenvalue weighted by atomic mass is 9.92. The topological polar surface area (TPSA) is 90.5 Å². The molecule has 7 nitrogen and oxygen atoms in total. The predicted octanol–water partition coefficient (Wildman–Crippen LogP) is 0.925. The first-order valence-electron chi connectivity index (χ1n) is 10.2. The van der Waals surface area contributed by atoms with Gasteiger partial charge in [0.25, 0.3) is 5.91 Å². The van der Waals surface area contributed by atoms with Crippen molar-refractivity contribution in [1.82, 2.24) is 20.9 Å². The molecule has 3 amide bonds. The summed E-state index contributed by atoms with van der Waals surface area (Å²) in [6, 6.07) is 5.72. The number of hydrogen-bond acceptors (Lipinski definition) is 5. The first-order valence-corrected chi connectivity index (χ1v) is 10.2. The van der Waals surface area contributed by atoms with Crippen molar-refractivity contribution in [1.29, 1.82) is 0 Å². The van der Waals surface area contributed by atoms with Crippen LogP contribution >= 0.6 is 0 Å². The summed E-state index contributed by atoms with van der Waals surface area (Å²) in [5.41, 5.74) is 2.66. The van der Waals surface area contributed by atoms with Crippen molar-refractivity contribution in [3.8, 4) is 0 Å². The second-order valence-electron chi connectivity index (χ2n) is 8.13. The number of piperidine rings is 2. The Morgan fingerprint density at radius 2 is 2.11 bits per heavy atom. The summed E-state index contributed by atoms with van der Waals surface area (Å²) < 4.78 is 0. The van der Waals surface area contributed by atoms with Gasteiger partial charge in [0.05, 0.1) is 0 Å². The Morgan fingerprint density at radius 3 is 2.86 bits per heavy atom. The molecule has 3 atom stereocenters. The van der Waals surface area contributed by atoms with Crippen molar-refractivity contribution < 1.29 is 14.4 Å². The van der Waals surface area contributed by atoms with Crippen LogP contribution in [0, 0.1) is 5.92 Å². The molecule has 1 aromatic rings. The van der Waals surface area contributed by atoms with Crippen LogP contribution in [0.4, 0.5) is 0 Å². The van der Waals surface area contributed by atoms with E-state index in [9.17, 15) is 14.4 Å². The van der Waals surface area contributed by atoms with Crippen LogP contribution in [0.5, 0.6) is 0 Å². The molecule has 0 aliphatic carbocycles. The lowest BCUT2D eigenvalue weighted by Gasteiger charge is -2.30. The van der Waals surface area contributed by atoms with Gasteiger partial charge in [0.15, 0.2) is 0 Å². The first kappa shape index (κ1) is 19.1. The highest BCUT2D eigenvalue weighted by Gasteiger charge is 2.39. The van der Waals surface area contributed by atoms with E-state index in [0.29, 0.717) is 37.0 Å². The second-order valence-corrected chi connectivity index (χ2v) is 8.13. The Balaban J connectivity index is 1.46. The third-order valence-electron chi connectivity index (χ3n) is 6.30. The van der Waals surface area contributed by atoms with Crippen LogP contribution in [0.15, 0.2) is 18.2 Å². The van der Waals surface area contributed by atoms with E-state index in [1.807, 2.05) is 18.2 Å². The van der Waals surface area contributed by atoms with Gasteiger partial charge in [-0.1, -0.05) is 18.2 Å². The Morgan fingerprint density at radius 1 is 1.25 bits per heavy atom. The monoisotopic (exact) mass is 384 g/mol. The summed E-state index contributed by atoms with van der Waals surface area (Å²) in [5, 5.41) is 9.40. The van der Waals surface area contributed by atoms with Crippen LogP contribution in [-0.4, -0.2) is 47.8 Å². The highest BCUT2D eigenvalue weighted by atomic mass is 16.2. The fraction of sp³-hybridized carbons (Fsp3) is 0.571. The lowest BCUT2D eigenvalue weighted by molar-refractivity contribution is -0.136. The van der Waals surface area contributed by atoms with Gasteiger partial charge in [-0.05, 0) is 56.3 Å². The SMILES string of the molecule is CC(NCc1cccc2c1C(=O)N(C1CCC(=O)NC1=O)C2)C1CCCNC1. The average molecular weight is 384 g/mol. The Kier molecular flexibility index (Phi) is 5.46. The molecule has 0 saturated carbocycles. The van der Waals surface area contributed by atoms with Crippen molar-refractivity contribution in [3.05, 3.63) is 34.9 Å². The third-order valence-corrected chi connectivity index (χ3v) is 6.30. The molecule has 28 heavy (non-hydrogen) atoms. The standard InChI is InChI=1S/C21H28N4O3/c1-13(14-6-3-9-22-10-14)23-11-15-4-2-5-16-12-25(21(28)19(15)16)17-7-8-18(26)24-20(17)27/h2,4-5,13-14,17,22-23H,3,6-12H2,1H3,(H,24,26,27). The fourth-order valence-electron chi connectivity index (χ4n) is 4.58. The predicted molar refractivity (Wildman–Crippen MR) is 104 cm³/mol. The molecular weight excluding hydrogens is 356 g/mol. The Bertz CT molecular complexity index is 788. The maximum atomic E-state index is 13.1. The zero-order valence-electron chi connectivity index (χ0n) is 16.3. The van der Waals surface area contributed by atoms with Gasteiger partial charge in [0.1, 0.15) is 6.04 Å². The van der Waals surface area contributed by atoms with Gasteiger partial charge in [-0.25, -0.2) is 0 Å². The van der Waals surface area contributed by atoms with E-state index >= 15 is 0 Å².